The van der Waals surface area contributed by atoms with Crippen molar-refractivity contribution in [3.8, 4) is 0 Å². The van der Waals surface area contributed by atoms with Crippen LogP contribution in [0.25, 0.3) is 0 Å². The molecule has 19 heavy (non-hydrogen) atoms. The van der Waals surface area contributed by atoms with Gasteiger partial charge < -0.3 is 9.84 Å². The Labute approximate surface area is 116 Å². The second kappa shape index (κ2) is 9.89. The summed E-state index contributed by atoms with van der Waals surface area (Å²) in [7, 11) is 0. The zero-order chi connectivity index (χ0) is 13.9. The number of hydrogen-bond donors (Lipinski definition) is 1. The third-order valence-corrected chi connectivity index (χ3v) is 2.98. The van der Waals surface area contributed by atoms with Crippen molar-refractivity contribution in [3.05, 3.63) is 30.1 Å². The smallest absolute Gasteiger partial charge is 0.0900 e. The van der Waals surface area contributed by atoms with E-state index in [0.29, 0.717) is 13.2 Å². The quantitative estimate of drug-likeness (QED) is 0.659. The van der Waals surface area contributed by atoms with Crippen LogP contribution in [0.3, 0.4) is 0 Å². The molecule has 1 aromatic heterocycles. The number of likely N-dealkylation sites (N-methyl/N-ethyl adjacent to an activating group) is 1. The van der Waals surface area contributed by atoms with Crippen molar-refractivity contribution in [3.63, 3.8) is 0 Å². The molecule has 0 radical (unpaired) electrons. The summed E-state index contributed by atoms with van der Waals surface area (Å²) in [5.74, 6) is 0. The molecule has 0 aromatic carbocycles. The van der Waals surface area contributed by atoms with E-state index >= 15 is 0 Å². The highest BCUT2D eigenvalue weighted by Gasteiger charge is 2.11. The van der Waals surface area contributed by atoms with E-state index in [1.165, 1.54) is 0 Å². The van der Waals surface area contributed by atoms with Crippen LogP contribution >= 0.6 is 0 Å². The molecule has 1 atom stereocenters. The van der Waals surface area contributed by atoms with Crippen LogP contribution in [0.5, 0.6) is 0 Å². The molecule has 108 valence electrons. The lowest BCUT2D eigenvalue weighted by atomic mass is 10.3. The van der Waals surface area contributed by atoms with E-state index in [1.807, 2.05) is 18.2 Å². The van der Waals surface area contributed by atoms with Crippen molar-refractivity contribution in [1.29, 1.82) is 0 Å². The average Bonchev–Trinajstić information content (AvgIpc) is 2.44. The summed E-state index contributed by atoms with van der Waals surface area (Å²) < 4.78 is 5.44. The molecule has 0 aliphatic heterocycles. The maximum atomic E-state index is 9.94. The van der Waals surface area contributed by atoms with E-state index in [2.05, 4.69) is 23.7 Å². The predicted molar refractivity (Wildman–Crippen MR) is 76.9 cm³/mol. The Bertz CT molecular complexity index is 319. The van der Waals surface area contributed by atoms with Gasteiger partial charge in [-0.1, -0.05) is 26.3 Å². The molecule has 4 heteroatoms. The summed E-state index contributed by atoms with van der Waals surface area (Å²) in [5.41, 5.74) is 1.03. The van der Waals surface area contributed by atoms with Gasteiger partial charge in [-0.2, -0.15) is 0 Å². The van der Waals surface area contributed by atoms with Crippen LogP contribution in [0.15, 0.2) is 24.4 Å². The van der Waals surface area contributed by atoms with Gasteiger partial charge in [0.25, 0.3) is 0 Å². The minimum Gasteiger partial charge on any atom is -0.389 e. The maximum Gasteiger partial charge on any atom is 0.0900 e. The fraction of sp³-hybridized carbons (Fsp3) is 0.667. The van der Waals surface area contributed by atoms with Crippen molar-refractivity contribution in [1.82, 2.24) is 9.88 Å². The molecule has 0 saturated heterocycles. The van der Waals surface area contributed by atoms with Gasteiger partial charge in [-0.15, -0.1) is 0 Å². The summed E-state index contributed by atoms with van der Waals surface area (Å²) in [6.45, 7) is 7.66. The van der Waals surface area contributed by atoms with Crippen LogP contribution in [-0.4, -0.2) is 47.4 Å². The van der Waals surface area contributed by atoms with Crippen LogP contribution in [0, 0.1) is 0 Å². The molecular formula is C15H26N2O2. The molecule has 1 unspecified atom stereocenters. The van der Waals surface area contributed by atoms with Gasteiger partial charge in [0.1, 0.15) is 0 Å². The minimum absolute atomic E-state index is 0.415. The van der Waals surface area contributed by atoms with Crippen molar-refractivity contribution >= 4 is 0 Å². The number of aliphatic hydroxyl groups excluding tert-OH is 1. The number of ether oxygens (including phenoxy) is 1. The SMILES string of the molecule is CCCCOCC(O)CN(CC)Cc1ccccn1. The minimum atomic E-state index is -0.430. The summed E-state index contributed by atoms with van der Waals surface area (Å²) in [4.78, 5) is 6.48. The van der Waals surface area contributed by atoms with Crippen LogP contribution in [0.2, 0.25) is 0 Å². The van der Waals surface area contributed by atoms with Gasteiger partial charge in [-0.05, 0) is 25.1 Å². The first-order valence-electron chi connectivity index (χ1n) is 7.14. The maximum absolute atomic E-state index is 9.94. The Kier molecular flexibility index (Phi) is 8.38. The van der Waals surface area contributed by atoms with Gasteiger partial charge in [-0.25, -0.2) is 0 Å². The summed E-state index contributed by atoms with van der Waals surface area (Å²) in [5, 5.41) is 9.94. The number of hydrogen-bond acceptors (Lipinski definition) is 4. The van der Waals surface area contributed by atoms with Gasteiger partial charge in [0.05, 0.1) is 18.4 Å². The molecule has 0 aliphatic rings. The molecule has 0 spiro atoms. The van der Waals surface area contributed by atoms with Gasteiger partial charge in [0.2, 0.25) is 0 Å². The number of aromatic nitrogens is 1. The summed E-state index contributed by atoms with van der Waals surface area (Å²) in [6.07, 6.45) is 3.54. The Morgan fingerprint density at radius 3 is 2.84 bits per heavy atom. The summed E-state index contributed by atoms with van der Waals surface area (Å²) >= 11 is 0. The monoisotopic (exact) mass is 266 g/mol. The third kappa shape index (κ3) is 7.25. The molecular weight excluding hydrogens is 240 g/mol. The first-order chi connectivity index (χ1) is 9.26. The van der Waals surface area contributed by atoms with Gasteiger partial charge >= 0.3 is 0 Å². The van der Waals surface area contributed by atoms with Crippen molar-refractivity contribution in [2.75, 3.05) is 26.3 Å². The van der Waals surface area contributed by atoms with E-state index in [-0.39, 0.29) is 0 Å². The standard InChI is InChI=1S/C15H26N2O2/c1-3-5-10-19-13-15(18)12-17(4-2)11-14-8-6-7-9-16-14/h6-9,15,18H,3-5,10-13H2,1-2H3. The van der Waals surface area contributed by atoms with Crippen molar-refractivity contribution in [2.24, 2.45) is 0 Å². The van der Waals surface area contributed by atoms with E-state index in [1.54, 1.807) is 6.20 Å². The highest BCUT2D eigenvalue weighted by Crippen LogP contribution is 2.02. The lowest BCUT2D eigenvalue weighted by Crippen LogP contribution is -2.34. The number of nitrogens with zero attached hydrogens (tertiary/aromatic N) is 2. The summed E-state index contributed by atoms with van der Waals surface area (Å²) in [6, 6.07) is 5.91. The molecule has 1 heterocycles. The third-order valence-electron chi connectivity index (χ3n) is 2.98. The lowest BCUT2D eigenvalue weighted by Gasteiger charge is -2.23. The van der Waals surface area contributed by atoms with Crippen LogP contribution in [-0.2, 0) is 11.3 Å². The average molecular weight is 266 g/mol. The number of rotatable bonds is 10. The van der Waals surface area contributed by atoms with Gasteiger partial charge in [0, 0.05) is 25.9 Å². The highest BCUT2D eigenvalue weighted by atomic mass is 16.5. The number of aliphatic hydroxyl groups is 1. The molecule has 0 aliphatic carbocycles. The van der Waals surface area contributed by atoms with Crippen LogP contribution in [0.1, 0.15) is 32.4 Å². The zero-order valence-electron chi connectivity index (χ0n) is 12.1. The fourth-order valence-corrected chi connectivity index (χ4v) is 1.84. The molecule has 0 saturated carbocycles. The molecule has 1 rings (SSSR count). The predicted octanol–water partition coefficient (Wildman–Crippen LogP) is 2.08. The first-order valence-corrected chi connectivity index (χ1v) is 7.14. The fourth-order valence-electron chi connectivity index (χ4n) is 1.84. The van der Waals surface area contributed by atoms with Crippen molar-refractivity contribution in [2.45, 2.75) is 39.3 Å². The van der Waals surface area contributed by atoms with Gasteiger partial charge in [0.15, 0.2) is 0 Å². The second-order valence-electron chi connectivity index (χ2n) is 4.73. The van der Waals surface area contributed by atoms with E-state index in [4.69, 9.17) is 4.74 Å². The second-order valence-corrected chi connectivity index (χ2v) is 4.73. The van der Waals surface area contributed by atoms with Crippen LogP contribution < -0.4 is 0 Å². The lowest BCUT2D eigenvalue weighted by molar-refractivity contribution is 0.0151. The number of pyridine rings is 1. The van der Waals surface area contributed by atoms with E-state index in [0.717, 1.165) is 38.2 Å². The molecule has 0 amide bonds. The van der Waals surface area contributed by atoms with Gasteiger partial charge in [-0.3, -0.25) is 9.88 Å². The van der Waals surface area contributed by atoms with Crippen molar-refractivity contribution < 1.29 is 9.84 Å². The molecule has 1 N–H and O–H groups in total. The molecule has 4 nitrogen and oxygen atoms in total. The van der Waals surface area contributed by atoms with E-state index in [9.17, 15) is 5.11 Å². The highest BCUT2D eigenvalue weighted by molar-refractivity contribution is 5.03. The Hall–Kier alpha value is -0.970. The Morgan fingerprint density at radius 1 is 1.37 bits per heavy atom. The largest absolute Gasteiger partial charge is 0.389 e. The Balaban J connectivity index is 2.27. The van der Waals surface area contributed by atoms with E-state index < -0.39 is 6.10 Å². The van der Waals surface area contributed by atoms with Crippen LogP contribution in [0.4, 0.5) is 0 Å². The zero-order valence-corrected chi connectivity index (χ0v) is 12.1. The molecule has 1 aromatic rings. The Morgan fingerprint density at radius 2 is 2.21 bits per heavy atom. The molecule has 0 fully saturated rings. The number of unbranched alkanes of at least 4 members (excludes halogenated alkanes) is 1. The normalized spacial score (nSPS) is 12.8. The molecule has 0 bridgehead atoms. The first kappa shape index (κ1) is 16.1. The topological polar surface area (TPSA) is 45.6 Å².